The highest BCUT2D eigenvalue weighted by Crippen LogP contribution is 2.07. The zero-order valence-electron chi connectivity index (χ0n) is 6.33. The molecule has 0 aliphatic rings. The standard InChI is InChI=1S/C6H8FNO3S/c1-8-6(11)4(7)2-12-3-5(9)10/h2H,3H2,1H3,(H,8,11)(H,9,10)/b4-2-. The number of hydrogen-bond acceptors (Lipinski definition) is 3. The molecule has 68 valence electrons. The molecule has 0 aromatic rings. The first-order chi connectivity index (χ1) is 5.57. The van der Waals surface area contributed by atoms with Gasteiger partial charge in [-0.1, -0.05) is 0 Å². The van der Waals surface area contributed by atoms with Crippen LogP contribution in [0.5, 0.6) is 0 Å². The Kier molecular flexibility index (Phi) is 5.11. The van der Waals surface area contributed by atoms with Gasteiger partial charge in [0, 0.05) is 12.5 Å². The molecule has 0 rings (SSSR count). The number of aliphatic carboxylic acids is 1. The minimum absolute atomic E-state index is 0.260. The van der Waals surface area contributed by atoms with E-state index in [1.165, 1.54) is 7.05 Å². The number of hydrogen-bond donors (Lipinski definition) is 2. The van der Waals surface area contributed by atoms with E-state index < -0.39 is 17.7 Å². The van der Waals surface area contributed by atoms with Gasteiger partial charge < -0.3 is 10.4 Å². The highest BCUT2D eigenvalue weighted by Gasteiger charge is 2.05. The minimum atomic E-state index is -1.05. The van der Waals surface area contributed by atoms with Crippen LogP contribution < -0.4 is 5.32 Å². The molecule has 0 aliphatic carbocycles. The van der Waals surface area contributed by atoms with E-state index in [2.05, 4.69) is 5.32 Å². The van der Waals surface area contributed by atoms with E-state index in [1.807, 2.05) is 0 Å². The summed E-state index contributed by atoms with van der Waals surface area (Å²) >= 11 is 0.716. The third-order valence-electron chi connectivity index (χ3n) is 0.838. The molecule has 0 spiro atoms. The molecule has 0 fully saturated rings. The first kappa shape index (κ1) is 11.0. The number of carboxylic acids is 1. The lowest BCUT2D eigenvalue weighted by atomic mass is 10.5. The fourth-order valence-electron chi connectivity index (χ4n) is 0.359. The molecule has 2 N–H and O–H groups in total. The van der Waals surface area contributed by atoms with Crippen LogP contribution in [0.3, 0.4) is 0 Å². The summed E-state index contributed by atoms with van der Waals surface area (Å²) in [7, 11) is 1.29. The van der Waals surface area contributed by atoms with Crippen molar-refractivity contribution in [1.82, 2.24) is 5.32 Å². The fourth-order valence-corrected chi connectivity index (χ4v) is 0.838. The Hall–Kier alpha value is -1.04. The molecule has 0 aromatic heterocycles. The van der Waals surface area contributed by atoms with Crippen LogP contribution in [0.4, 0.5) is 4.39 Å². The quantitative estimate of drug-likeness (QED) is 0.633. The molecule has 0 radical (unpaired) electrons. The van der Waals surface area contributed by atoms with E-state index in [4.69, 9.17) is 5.11 Å². The number of thioether (sulfide) groups is 1. The van der Waals surface area contributed by atoms with Crippen LogP contribution in [0.1, 0.15) is 0 Å². The lowest BCUT2D eigenvalue weighted by Crippen LogP contribution is -2.17. The molecule has 0 aromatic carbocycles. The van der Waals surface area contributed by atoms with Crippen molar-refractivity contribution in [2.24, 2.45) is 0 Å². The van der Waals surface area contributed by atoms with Gasteiger partial charge in [0.15, 0.2) is 5.83 Å². The van der Waals surface area contributed by atoms with E-state index >= 15 is 0 Å². The number of rotatable bonds is 4. The normalized spacial score (nSPS) is 11.0. The maximum atomic E-state index is 12.5. The van der Waals surface area contributed by atoms with E-state index in [1.54, 1.807) is 0 Å². The lowest BCUT2D eigenvalue weighted by Gasteiger charge is -1.93. The van der Waals surface area contributed by atoms with Gasteiger partial charge in [-0.05, 0) is 0 Å². The summed E-state index contributed by atoms with van der Waals surface area (Å²) in [4.78, 5) is 20.4. The maximum Gasteiger partial charge on any atom is 0.313 e. The second-order valence-corrected chi connectivity index (χ2v) is 2.61. The van der Waals surface area contributed by atoms with Crippen LogP contribution >= 0.6 is 11.8 Å². The van der Waals surface area contributed by atoms with Crippen molar-refractivity contribution < 1.29 is 19.1 Å². The molecule has 4 nitrogen and oxygen atoms in total. The van der Waals surface area contributed by atoms with E-state index in [0.29, 0.717) is 11.8 Å². The highest BCUT2D eigenvalue weighted by molar-refractivity contribution is 8.02. The Labute approximate surface area is 72.8 Å². The third-order valence-corrected chi connectivity index (χ3v) is 1.62. The van der Waals surface area contributed by atoms with Gasteiger partial charge in [0.25, 0.3) is 5.91 Å². The Morgan fingerprint density at radius 1 is 1.67 bits per heavy atom. The molecule has 0 atom stereocenters. The molecule has 0 aliphatic heterocycles. The van der Waals surface area contributed by atoms with Crippen LogP contribution in [0.15, 0.2) is 11.2 Å². The molecular weight excluding hydrogens is 185 g/mol. The summed E-state index contributed by atoms with van der Waals surface area (Å²) in [6.45, 7) is 0. The number of likely N-dealkylation sites (N-methyl/N-ethyl adjacent to an activating group) is 1. The number of nitrogens with one attached hydrogen (secondary N) is 1. The van der Waals surface area contributed by atoms with Gasteiger partial charge in [-0.3, -0.25) is 9.59 Å². The minimum Gasteiger partial charge on any atom is -0.481 e. The number of carboxylic acid groups (broad SMARTS) is 1. The van der Waals surface area contributed by atoms with Crippen molar-refractivity contribution in [3.05, 3.63) is 11.2 Å². The summed E-state index contributed by atoms with van der Waals surface area (Å²) < 4.78 is 12.5. The van der Waals surface area contributed by atoms with Crippen molar-refractivity contribution >= 4 is 23.6 Å². The first-order valence-corrected chi connectivity index (χ1v) is 4.04. The molecule has 0 bridgehead atoms. The third kappa shape index (κ3) is 4.73. The summed E-state index contributed by atoms with van der Waals surface area (Å²) in [6.07, 6.45) is 0. The van der Waals surface area contributed by atoms with Crippen LogP contribution in [-0.2, 0) is 9.59 Å². The molecule has 1 amide bonds. The average molecular weight is 193 g/mol. The molecule has 0 unspecified atom stereocenters. The van der Waals surface area contributed by atoms with Gasteiger partial charge in [-0.25, -0.2) is 4.39 Å². The Morgan fingerprint density at radius 3 is 2.67 bits per heavy atom. The van der Waals surface area contributed by atoms with Gasteiger partial charge in [0.1, 0.15) is 0 Å². The Morgan fingerprint density at radius 2 is 2.25 bits per heavy atom. The Balaban J connectivity index is 3.84. The molecule has 12 heavy (non-hydrogen) atoms. The fraction of sp³-hybridized carbons (Fsp3) is 0.333. The van der Waals surface area contributed by atoms with Gasteiger partial charge in [-0.2, -0.15) is 0 Å². The highest BCUT2D eigenvalue weighted by atomic mass is 32.2. The molecule has 0 saturated carbocycles. The molecular formula is C6H8FNO3S. The van der Waals surface area contributed by atoms with Crippen LogP contribution in [0, 0.1) is 0 Å². The number of carbonyl (C=O) groups is 2. The van der Waals surface area contributed by atoms with Gasteiger partial charge in [0.05, 0.1) is 5.75 Å². The first-order valence-electron chi connectivity index (χ1n) is 2.99. The smallest absolute Gasteiger partial charge is 0.313 e. The van der Waals surface area contributed by atoms with Crippen molar-refractivity contribution in [3.63, 3.8) is 0 Å². The average Bonchev–Trinajstić information content (AvgIpc) is 2.02. The van der Waals surface area contributed by atoms with Crippen molar-refractivity contribution in [2.45, 2.75) is 0 Å². The number of amides is 1. The lowest BCUT2D eigenvalue weighted by molar-refractivity contribution is -0.133. The van der Waals surface area contributed by atoms with Crippen LogP contribution in [0.2, 0.25) is 0 Å². The van der Waals surface area contributed by atoms with Crippen molar-refractivity contribution in [3.8, 4) is 0 Å². The van der Waals surface area contributed by atoms with Gasteiger partial charge >= 0.3 is 5.97 Å². The monoisotopic (exact) mass is 193 g/mol. The van der Waals surface area contributed by atoms with E-state index in [9.17, 15) is 14.0 Å². The largest absolute Gasteiger partial charge is 0.481 e. The van der Waals surface area contributed by atoms with E-state index in [0.717, 1.165) is 5.41 Å². The van der Waals surface area contributed by atoms with Crippen LogP contribution in [-0.4, -0.2) is 29.8 Å². The van der Waals surface area contributed by atoms with Gasteiger partial charge in [0.2, 0.25) is 0 Å². The molecule has 6 heteroatoms. The summed E-state index contributed by atoms with van der Waals surface area (Å²) in [5.41, 5.74) is 0. The van der Waals surface area contributed by atoms with Crippen LogP contribution in [0.25, 0.3) is 0 Å². The number of carbonyl (C=O) groups excluding carboxylic acids is 1. The van der Waals surface area contributed by atoms with Crippen molar-refractivity contribution in [1.29, 1.82) is 0 Å². The zero-order valence-corrected chi connectivity index (χ0v) is 7.15. The predicted molar refractivity (Wildman–Crippen MR) is 43.4 cm³/mol. The van der Waals surface area contributed by atoms with Crippen molar-refractivity contribution in [2.75, 3.05) is 12.8 Å². The van der Waals surface area contributed by atoms with E-state index in [-0.39, 0.29) is 5.75 Å². The zero-order chi connectivity index (χ0) is 9.56. The predicted octanol–water partition coefficient (Wildman–Crippen LogP) is 0.361. The maximum absolute atomic E-state index is 12.5. The topological polar surface area (TPSA) is 66.4 Å². The second-order valence-electron chi connectivity index (χ2n) is 1.75. The summed E-state index contributed by atoms with van der Waals surface area (Å²) in [5.74, 6) is -3.15. The molecule has 0 heterocycles. The Bertz CT molecular complexity index is 217. The number of halogens is 1. The second kappa shape index (κ2) is 5.59. The summed E-state index contributed by atoms with van der Waals surface area (Å²) in [5, 5.41) is 11.1. The van der Waals surface area contributed by atoms with Gasteiger partial charge in [-0.15, -0.1) is 11.8 Å². The summed E-state index contributed by atoms with van der Waals surface area (Å²) in [6, 6.07) is 0. The molecule has 0 saturated heterocycles. The SMILES string of the molecule is CNC(=O)/C(F)=C/SCC(=O)O.